The van der Waals surface area contributed by atoms with Crippen molar-refractivity contribution in [3.8, 4) is 0 Å². The fourth-order valence-corrected chi connectivity index (χ4v) is 1.63. The summed E-state index contributed by atoms with van der Waals surface area (Å²) in [6, 6.07) is 7.23. The summed E-state index contributed by atoms with van der Waals surface area (Å²) in [4.78, 5) is 11.7. The first-order valence-electron chi connectivity index (χ1n) is 5.04. The molecule has 1 aromatic heterocycles. The van der Waals surface area contributed by atoms with Crippen LogP contribution in [0.25, 0.3) is 10.8 Å². The lowest BCUT2D eigenvalue weighted by Gasteiger charge is -2.00. The molecule has 0 spiro atoms. The zero-order valence-electron chi connectivity index (χ0n) is 9.34. The predicted molar refractivity (Wildman–Crippen MR) is 73.8 cm³/mol. The van der Waals surface area contributed by atoms with E-state index in [0.717, 1.165) is 10.8 Å². The van der Waals surface area contributed by atoms with Crippen LogP contribution in [0.4, 0.5) is 5.69 Å². The van der Waals surface area contributed by atoms with Crippen LogP contribution in [-0.2, 0) is 0 Å². The number of hydrogen-bond donors (Lipinski definition) is 3. The Balaban J connectivity index is 2.42. The third kappa shape index (κ3) is 2.86. The molecule has 0 saturated heterocycles. The van der Waals surface area contributed by atoms with Gasteiger partial charge in [-0.15, -0.1) is 0 Å². The van der Waals surface area contributed by atoms with Crippen LogP contribution < -0.4 is 17.2 Å². The summed E-state index contributed by atoms with van der Waals surface area (Å²) >= 11 is 5.80. The fourth-order valence-electron chi connectivity index (χ4n) is 1.46. The largest absolute Gasteiger partial charge is 0.370 e. The van der Waals surface area contributed by atoms with Gasteiger partial charge in [-0.3, -0.25) is 0 Å². The van der Waals surface area contributed by atoms with Crippen LogP contribution in [0.3, 0.4) is 0 Å². The van der Waals surface area contributed by atoms with Gasteiger partial charge in [0.2, 0.25) is 5.96 Å². The number of halogens is 1. The van der Waals surface area contributed by atoms with Crippen molar-refractivity contribution in [1.82, 2.24) is 4.98 Å². The molecule has 0 bridgehead atoms. The van der Waals surface area contributed by atoms with E-state index < -0.39 is 0 Å². The maximum Gasteiger partial charge on any atom is 0.223 e. The zero-order chi connectivity index (χ0) is 13.1. The third-order valence-electron chi connectivity index (χ3n) is 2.16. The molecule has 1 aromatic carbocycles. The van der Waals surface area contributed by atoms with Crippen molar-refractivity contribution in [2.45, 2.75) is 0 Å². The molecule has 92 valence electrons. The summed E-state index contributed by atoms with van der Waals surface area (Å²) in [5, 5.41) is 2.31. The maximum atomic E-state index is 5.80. The van der Waals surface area contributed by atoms with Crippen LogP contribution in [0, 0.1) is 0 Å². The van der Waals surface area contributed by atoms with Gasteiger partial charge in [-0.2, -0.15) is 4.99 Å². The first-order valence-corrected chi connectivity index (χ1v) is 5.41. The number of benzene rings is 1. The summed E-state index contributed by atoms with van der Waals surface area (Å²) in [6.07, 6.45) is 1.66. The summed E-state index contributed by atoms with van der Waals surface area (Å²) in [6.45, 7) is 0. The number of guanidine groups is 2. The first kappa shape index (κ1) is 12.1. The molecule has 18 heavy (non-hydrogen) atoms. The first-order chi connectivity index (χ1) is 8.54. The number of nitrogens with two attached hydrogens (primary N) is 3. The smallest absolute Gasteiger partial charge is 0.223 e. The van der Waals surface area contributed by atoms with Crippen molar-refractivity contribution in [1.29, 1.82) is 0 Å². The molecular weight excluding hydrogens is 252 g/mol. The second kappa shape index (κ2) is 4.89. The van der Waals surface area contributed by atoms with E-state index in [2.05, 4.69) is 15.0 Å². The second-order valence-corrected chi connectivity index (χ2v) is 3.93. The maximum absolute atomic E-state index is 5.80. The Labute approximate surface area is 108 Å². The van der Waals surface area contributed by atoms with Crippen LogP contribution in [0.2, 0.25) is 5.15 Å². The van der Waals surface area contributed by atoms with Gasteiger partial charge in [0.05, 0.1) is 5.69 Å². The third-order valence-corrected chi connectivity index (χ3v) is 2.37. The molecule has 0 amide bonds. The second-order valence-electron chi connectivity index (χ2n) is 3.55. The number of nitrogens with zero attached hydrogens (tertiary/aromatic N) is 3. The van der Waals surface area contributed by atoms with Gasteiger partial charge in [-0.05, 0) is 23.6 Å². The summed E-state index contributed by atoms with van der Waals surface area (Å²) in [5.74, 6) is -0.137. The van der Waals surface area contributed by atoms with Crippen LogP contribution in [-0.4, -0.2) is 16.9 Å². The van der Waals surface area contributed by atoms with Gasteiger partial charge >= 0.3 is 0 Å². The minimum absolute atomic E-state index is 0.00345. The molecule has 0 atom stereocenters. The summed E-state index contributed by atoms with van der Waals surface area (Å²) < 4.78 is 0. The van der Waals surface area contributed by atoms with Crippen LogP contribution in [0.15, 0.2) is 40.4 Å². The average Bonchev–Trinajstić information content (AvgIpc) is 2.28. The van der Waals surface area contributed by atoms with E-state index in [4.69, 9.17) is 28.8 Å². The molecule has 0 fully saturated rings. The van der Waals surface area contributed by atoms with E-state index in [1.807, 2.05) is 12.1 Å². The van der Waals surface area contributed by atoms with Gasteiger partial charge in [0.1, 0.15) is 5.15 Å². The lowest BCUT2D eigenvalue weighted by molar-refractivity contribution is 1.35. The molecule has 0 radical (unpaired) electrons. The van der Waals surface area contributed by atoms with E-state index in [1.165, 1.54) is 0 Å². The highest BCUT2D eigenvalue weighted by atomic mass is 35.5. The Morgan fingerprint density at radius 1 is 1.11 bits per heavy atom. The quantitative estimate of drug-likeness (QED) is 0.405. The van der Waals surface area contributed by atoms with E-state index in [0.29, 0.717) is 10.8 Å². The van der Waals surface area contributed by atoms with Gasteiger partial charge < -0.3 is 17.2 Å². The van der Waals surface area contributed by atoms with Crippen molar-refractivity contribution in [3.05, 3.63) is 35.6 Å². The number of rotatable bonds is 1. The Bertz CT molecular complexity index is 645. The minimum Gasteiger partial charge on any atom is -0.370 e. The number of fused-ring (bicyclic) bond motifs is 1. The fraction of sp³-hybridized carbons (Fsp3) is 0. The molecule has 0 aliphatic heterocycles. The molecule has 0 aliphatic rings. The Kier molecular flexibility index (Phi) is 3.29. The van der Waals surface area contributed by atoms with Gasteiger partial charge in [-0.1, -0.05) is 17.7 Å². The minimum atomic E-state index is -0.134. The van der Waals surface area contributed by atoms with Crippen molar-refractivity contribution >= 4 is 40.0 Å². The standard InChI is InChI=1S/C11H11ClN6/c12-9-4-6-1-2-8(3-7(6)5-16-9)17-11(15)18-10(13)14/h1-5H,(H6,13,14,15,17,18). The normalized spacial score (nSPS) is 11.5. The molecule has 2 aromatic rings. The molecular formula is C11H11ClN6. The molecule has 6 nitrogen and oxygen atoms in total. The Hall–Kier alpha value is -2.34. The topological polar surface area (TPSA) is 116 Å². The lowest BCUT2D eigenvalue weighted by Crippen LogP contribution is -2.26. The molecule has 0 unspecified atom stereocenters. The predicted octanol–water partition coefficient (Wildman–Crippen LogP) is 1.11. The van der Waals surface area contributed by atoms with Gasteiger partial charge in [0.15, 0.2) is 5.96 Å². The van der Waals surface area contributed by atoms with Crippen molar-refractivity contribution < 1.29 is 0 Å². The Morgan fingerprint density at radius 2 is 1.89 bits per heavy atom. The van der Waals surface area contributed by atoms with Gasteiger partial charge in [0, 0.05) is 11.6 Å². The highest BCUT2D eigenvalue weighted by Gasteiger charge is 1.98. The van der Waals surface area contributed by atoms with Gasteiger partial charge in [0.25, 0.3) is 0 Å². The number of aromatic nitrogens is 1. The molecule has 0 saturated carbocycles. The summed E-state index contributed by atoms with van der Waals surface area (Å²) in [7, 11) is 0. The SMILES string of the molecule is NC(N)=NC(N)=Nc1ccc2cc(Cl)ncc2c1. The monoisotopic (exact) mass is 262 g/mol. The number of hydrogen-bond acceptors (Lipinski definition) is 2. The van der Waals surface area contributed by atoms with Crippen LogP contribution in [0.1, 0.15) is 0 Å². The van der Waals surface area contributed by atoms with Crippen molar-refractivity contribution in [3.63, 3.8) is 0 Å². The van der Waals surface area contributed by atoms with Crippen LogP contribution >= 0.6 is 11.6 Å². The van der Waals surface area contributed by atoms with E-state index in [1.54, 1.807) is 18.3 Å². The zero-order valence-corrected chi connectivity index (χ0v) is 10.1. The Morgan fingerprint density at radius 3 is 2.61 bits per heavy atom. The molecule has 0 aliphatic carbocycles. The van der Waals surface area contributed by atoms with E-state index >= 15 is 0 Å². The van der Waals surface area contributed by atoms with Gasteiger partial charge in [-0.25, -0.2) is 9.98 Å². The molecule has 6 N–H and O–H groups in total. The van der Waals surface area contributed by atoms with Crippen molar-refractivity contribution in [2.75, 3.05) is 0 Å². The highest BCUT2D eigenvalue weighted by Crippen LogP contribution is 2.22. The average molecular weight is 263 g/mol. The van der Waals surface area contributed by atoms with Crippen LogP contribution in [0.5, 0.6) is 0 Å². The molecule has 7 heteroatoms. The number of aliphatic imine (C=N–C) groups is 2. The molecule has 1 heterocycles. The summed E-state index contributed by atoms with van der Waals surface area (Å²) in [5.41, 5.74) is 16.6. The van der Waals surface area contributed by atoms with Crippen molar-refractivity contribution in [2.24, 2.45) is 27.2 Å². The van der Waals surface area contributed by atoms with E-state index in [-0.39, 0.29) is 11.9 Å². The number of pyridine rings is 1. The lowest BCUT2D eigenvalue weighted by atomic mass is 10.1. The highest BCUT2D eigenvalue weighted by molar-refractivity contribution is 6.30. The van der Waals surface area contributed by atoms with E-state index in [9.17, 15) is 0 Å². The molecule has 2 rings (SSSR count).